The Morgan fingerprint density at radius 2 is 1.62 bits per heavy atom. The highest BCUT2D eigenvalue weighted by atomic mass is 16.4. The van der Waals surface area contributed by atoms with E-state index in [0.717, 1.165) is 6.42 Å². The van der Waals surface area contributed by atoms with Gasteiger partial charge in [0.15, 0.2) is 0 Å². The van der Waals surface area contributed by atoms with Crippen molar-refractivity contribution in [1.29, 1.82) is 0 Å². The standard InChI is InChI=1S/C12H23NO3/c1-7-12(5,6)13-9(14)8(10(15)16)11(2,3)4/h8H,7H2,1-6H3,(H,13,14)(H,15,16). The molecule has 4 nitrogen and oxygen atoms in total. The topological polar surface area (TPSA) is 66.4 Å². The first kappa shape index (κ1) is 14.9. The van der Waals surface area contributed by atoms with Gasteiger partial charge in [-0.1, -0.05) is 27.7 Å². The number of hydrogen-bond acceptors (Lipinski definition) is 2. The van der Waals surface area contributed by atoms with Gasteiger partial charge >= 0.3 is 5.97 Å². The van der Waals surface area contributed by atoms with Gasteiger partial charge in [0.1, 0.15) is 5.92 Å². The largest absolute Gasteiger partial charge is 0.481 e. The molecule has 0 aromatic carbocycles. The zero-order valence-electron chi connectivity index (χ0n) is 11.0. The van der Waals surface area contributed by atoms with E-state index in [1.807, 2.05) is 20.8 Å². The molecule has 0 saturated carbocycles. The first-order valence-corrected chi connectivity index (χ1v) is 5.56. The van der Waals surface area contributed by atoms with Crippen molar-refractivity contribution in [3.05, 3.63) is 0 Å². The molecule has 0 aliphatic heterocycles. The molecule has 94 valence electrons. The summed E-state index contributed by atoms with van der Waals surface area (Å²) in [5.41, 5.74) is -0.949. The third-order valence-electron chi connectivity index (χ3n) is 2.72. The summed E-state index contributed by atoms with van der Waals surface area (Å²) in [5, 5.41) is 11.9. The fourth-order valence-corrected chi connectivity index (χ4v) is 1.37. The molecule has 0 bridgehead atoms. The van der Waals surface area contributed by atoms with E-state index in [1.165, 1.54) is 0 Å². The van der Waals surface area contributed by atoms with Crippen molar-refractivity contribution >= 4 is 11.9 Å². The number of carbonyl (C=O) groups excluding carboxylic acids is 1. The molecule has 0 spiro atoms. The Kier molecular flexibility index (Phi) is 4.53. The smallest absolute Gasteiger partial charge is 0.316 e. The lowest BCUT2D eigenvalue weighted by Crippen LogP contribution is -2.50. The lowest BCUT2D eigenvalue weighted by atomic mass is 9.79. The van der Waals surface area contributed by atoms with Crippen LogP contribution >= 0.6 is 0 Å². The molecule has 1 atom stereocenters. The van der Waals surface area contributed by atoms with E-state index < -0.39 is 23.2 Å². The fourth-order valence-electron chi connectivity index (χ4n) is 1.37. The van der Waals surface area contributed by atoms with Gasteiger partial charge in [-0.15, -0.1) is 0 Å². The third-order valence-corrected chi connectivity index (χ3v) is 2.72. The van der Waals surface area contributed by atoms with Crippen LogP contribution in [0.4, 0.5) is 0 Å². The van der Waals surface area contributed by atoms with Gasteiger partial charge in [0.2, 0.25) is 5.91 Å². The van der Waals surface area contributed by atoms with Crippen LogP contribution in [0.1, 0.15) is 48.0 Å². The minimum Gasteiger partial charge on any atom is -0.481 e. The van der Waals surface area contributed by atoms with E-state index in [2.05, 4.69) is 5.32 Å². The number of rotatable bonds is 4. The van der Waals surface area contributed by atoms with Crippen LogP contribution in [0.15, 0.2) is 0 Å². The second kappa shape index (κ2) is 4.85. The van der Waals surface area contributed by atoms with Crippen molar-refractivity contribution in [2.24, 2.45) is 11.3 Å². The Hall–Kier alpha value is -1.06. The predicted molar refractivity (Wildman–Crippen MR) is 63.1 cm³/mol. The second-order valence-electron chi connectivity index (χ2n) is 5.86. The van der Waals surface area contributed by atoms with Gasteiger partial charge in [-0.2, -0.15) is 0 Å². The van der Waals surface area contributed by atoms with Crippen LogP contribution in [-0.2, 0) is 9.59 Å². The molecule has 16 heavy (non-hydrogen) atoms. The van der Waals surface area contributed by atoms with Crippen LogP contribution in [0.3, 0.4) is 0 Å². The lowest BCUT2D eigenvalue weighted by Gasteiger charge is -2.31. The fraction of sp³-hybridized carbons (Fsp3) is 0.833. The van der Waals surface area contributed by atoms with Crippen molar-refractivity contribution in [1.82, 2.24) is 5.32 Å². The molecule has 0 fully saturated rings. The lowest BCUT2D eigenvalue weighted by molar-refractivity contribution is -0.152. The van der Waals surface area contributed by atoms with Crippen LogP contribution in [0.5, 0.6) is 0 Å². The summed E-state index contributed by atoms with van der Waals surface area (Å²) < 4.78 is 0. The first-order valence-electron chi connectivity index (χ1n) is 5.56. The van der Waals surface area contributed by atoms with E-state index in [-0.39, 0.29) is 5.54 Å². The van der Waals surface area contributed by atoms with Gasteiger partial charge in [0, 0.05) is 5.54 Å². The minimum absolute atomic E-state index is 0.365. The molecular formula is C12H23NO3. The Morgan fingerprint density at radius 3 is 1.88 bits per heavy atom. The Balaban J connectivity index is 4.86. The molecule has 1 amide bonds. The summed E-state index contributed by atoms with van der Waals surface area (Å²) in [7, 11) is 0. The minimum atomic E-state index is -1.07. The Bertz CT molecular complexity index is 276. The molecule has 0 heterocycles. The molecule has 2 N–H and O–H groups in total. The molecular weight excluding hydrogens is 206 g/mol. The predicted octanol–water partition coefficient (Wildman–Crippen LogP) is 2.04. The van der Waals surface area contributed by atoms with E-state index in [1.54, 1.807) is 20.8 Å². The van der Waals surface area contributed by atoms with Crippen LogP contribution in [0, 0.1) is 11.3 Å². The van der Waals surface area contributed by atoms with Gasteiger partial charge in [0.05, 0.1) is 0 Å². The van der Waals surface area contributed by atoms with Gasteiger partial charge in [-0.3, -0.25) is 9.59 Å². The van der Waals surface area contributed by atoms with Gasteiger partial charge in [0.25, 0.3) is 0 Å². The van der Waals surface area contributed by atoms with Crippen molar-refractivity contribution in [3.8, 4) is 0 Å². The molecule has 0 rings (SSSR count). The van der Waals surface area contributed by atoms with Crippen LogP contribution in [-0.4, -0.2) is 22.5 Å². The van der Waals surface area contributed by atoms with E-state index in [4.69, 9.17) is 5.11 Å². The maximum absolute atomic E-state index is 11.9. The molecule has 1 unspecified atom stereocenters. The zero-order chi connectivity index (χ0) is 13.1. The number of hydrogen-bond donors (Lipinski definition) is 2. The van der Waals surface area contributed by atoms with Gasteiger partial charge < -0.3 is 10.4 Å². The highest BCUT2D eigenvalue weighted by Crippen LogP contribution is 2.27. The number of carboxylic acids is 1. The van der Waals surface area contributed by atoms with Crippen molar-refractivity contribution < 1.29 is 14.7 Å². The average molecular weight is 229 g/mol. The number of carboxylic acid groups (broad SMARTS) is 1. The van der Waals surface area contributed by atoms with Crippen molar-refractivity contribution in [3.63, 3.8) is 0 Å². The number of carbonyl (C=O) groups is 2. The van der Waals surface area contributed by atoms with Crippen LogP contribution in [0.2, 0.25) is 0 Å². The Labute approximate surface area is 97.4 Å². The summed E-state index contributed by atoms with van der Waals surface area (Å²) in [4.78, 5) is 23.0. The average Bonchev–Trinajstić information content (AvgIpc) is 1.99. The SMILES string of the molecule is CCC(C)(C)NC(=O)C(C(=O)O)C(C)(C)C. The molecule has 0 aromatic rings. The number of nitrogens with one attached hydrogen (secondary N) is 1. The van der Waals surface area contributed by atoms with E-state index in [0.29, 0.717) is 0 Å². The van der Waals surface area contributed by atoms with E-state index in [9.17, 15) is 9.59 Å². The molecule has 0 radical (unpaired) electrons. The van der Waals surface area contributed by atoms with Crippen LogP contribution < -0.4 is 5.32 Å². The van der Waals surface area contributed by atoms with Gasteiger partial charge in [-0.25, -0.2) is 0 Å². The summed E-state index contributed by atoms with van der Waals surface area (Å²) in [5.74, 6) is -2.50. The number of aliphatic carboxylic acids is 1. The normalized spacial score (nSPS) is 14.4. The molecule has 0 saturated heterocycles. The second-order valence-corrected chi connectivity index (χ2v) is 5.86. The number of amides is 1. The maximum Gasteiger partial charge on any atom is 0.316 e. The van der Waals surface area contributed by atoms with Crippen molar-refractivity contribution in [2.75, 3.05) is 0 Å². The maximum atomic E-state index is 11.9. The quantitative estimate of drug-likeness (QED) is 0.725. The zero-order valence-corrected chi connectivity index (χ0v) is 11.0. The highest BCUT2D eigenvalue weighted by molar-refractivity contribution is 5.98. The summed E-state index contributed by atoms with van der Waals surface area (Å²) in [6, 6.07) is 0. The van der Waals surface area contributed by atoms with E-state index >= 15 is 0 Å². The summed E-state index contributed by atoms with van der Waals surface area (Å²) >= 11 is 0. The summed E-state index contributed by atoms with van der Waals surface area (Å²) in [6.45, 7) is 11.0. The molecule has 0 aliphatic carbocycles. The molecule has 0 aliphatic rings. The highest BCUT2D eigenvalue weighted by Gasteiger charge is 2.39. The summed E-state index contributed by atoms with van der Waals surface area (Å²) in [6.07, 6.45) is 0.759. The molecule has 4 heteroatoms. The van der Waals surface area contributed by atoms with Gasteiger partial charge in [-0.05, 0) is 25.7 Å². The molecule has 0 aromatic heterocycles. The third kappa shape index (κ3) is 4.21. The Morgan fingerprint density at radius 1 is 1.19 bits per heavy atom. The monoisotopic (exact) mass is 229 g/mol. The first-order chi connectivity index (χ1) is 7.01. The van der Waals surface area contributed by atoms with Crippen molar-refractivity contribution in [2.45, 2.75) is 53.5 Å². The van der Waals surface area contributed by atoms with Crippen LogP contribution in [0.25, 0.3) is 0 Å².